The van der Waals surface area contributed by atoms with Gasteiger partial charge in [0.2, 0.25) is 0 Å². The zero-order chi connectivity index (χ0) is 29.9. The average molecular weight is 563 g/mol. The summed E-state index contributed by atoms with van der Waals surface area (Å²) in [7, 11) is 1.91. The van der Waals surface area contributed by atoms with Crippen molar-refractivity contribution in [3.05, 3.63) is 108 Å². The second-order valence-electron chi connectivity index (χ2n) is 10.5. The van der Waals surface area contributed by atoms with E-state index in [0.717, 1.165) is 75.0 Å². The van der Waals surface area contributed by atoms with Gasteiger partial charge in [0, 0.05) is 49.9 Å². The molecule has 1 fully saturated rings. The second-order valence-corrected chi connectivity index (χ2v) is 10.5. The number of likely N-dealkylation sites (N-methyl/N-ethyl adjacent to an activating group) is 1. The van der Waals surface area contributed by atoms with Crippen LogP contribution in [0.2, 0.25) is 0 Å². The van der Waals surface area contributed by atoms with Gasteiger partial charge in [-0.25, -0.2) is 9.37 Å². The van der Waals surface area contributed by atoms with Gasteiger partial charge in [0.15, 0.2) is 0 Å². The molecule has 0 radical (unpaired) electrons. The third-order valence-corrected chi connectivity index (χ3v) is 7.59. The quantitative estimate of drug-likeness (QED) is 0.136. The Balaban J connectivity index is 0.00000198. The molecule has 0 spiro atoms. The smallest absolute Gasteiger partial charge is 0.123 e. The topological polar surface area (TPSA) is 78.5 Å². The van der Waals surface area contributed by atoms with E-state index in [-0.39, 0.29) is 5.82 Å². The molecule has 0 bridgehead atoms. The predicted molar refractivity (Wildman–Crippen MR) is 171 cm³/mol. The first-order valence-corrected chi connectivity index (χ1v) is 14.3. The Kier molecular flexibility index (Phi) is 10.8. The Hall–Kier alpha value is -4.54. The number of aromatic nitrogens is 4. The van der Waals surface area contributed by atoms with Crippen molar-refractivity contribution in [2.24, 2.45) is 5.92 Å². The van der Waals surface area contributed by atoms with E-state index in [2.05, 4.69) is 57.2 Å². The minimum Gasteiger partial charge on any atom is -0.388 e. The summed E-state index contributed by atoms with van der Waals surface area (Å²) in [4.78, 5) is 17.2. The van der Waals surface area contributed by atoms with Crippen LogP contribution in [0.15, 0.2) is 85.1 Å². The van der Waals surface area contributed by atoms with Crippen LogP contribution in [-0.4, -0.2) is 33.5 Å². The number of imidazole rings is 1. The van der Waals surface area contributed by atoms with Crippen LogP contribution in [0.25, 0.3) is 27.7 Å². The Labute approximate surface area is 248 Å². The number of fused-ring (bicyclic) bond motifs is 1. The van der Waals surface area contributed by atoms with Crippen LogP contribution in [-0.2, 0) is 13.0 Å². The zero-order valence-corrected chi connectivity index (χ0v) is 24.5. The van der Waals surface area contributed by atoms with Gasteiger partial charge < -0.3 is 15.6 Å². The summed E-state index contributed by atoms with van der Waals surface area (Å²) in [6.07, 6.45) is 25.3. The maximum atomic E-state index is 13.9. The van der Waals surface area contributed by atoms with Crippen LogP contribution in [0.3, 0.4) is 0 Å². The summed E-state index contributed by atoms with van der Waals surface area (Å²) in [5.74, 6) is 1.30. The highest BCUT2D eigenvalue weighted by Gasteiger charge is 2.15. The van der Waals surface area contributed by atoms with Crippen LogP contribution in [0.1, 0.15) is 49.6 Å². The van der Waals surface area contributed by atoms with E-state index in [9.17, 15) is 4.39 Å². The number of nitrogens with zero attached hydrogens (tertiary/aromatic N) is 3. The lowest BCUT2D eigenvalue weighted by atomic mass is 10.0. The average Bonchev–Trinajstić information content (AvgIpc) is 3.68. The Morgan fingerprint density at radius 3 is 2.64 bits per heavy atom. The molecular weight excluding hydrogens is 523 g/mol. The van der Waals surface area contributed by atoms with Gasteiger partial charge >= 0.3 is 0 Å². The highest BCUT2D eigenvalue weighted by molar-refractivity contribution is 5.91. The van der Waals surface area contributed by atoms with Gasteiger partial charge in [0.25, 0.3) is 0 Å². The Morgan fingerprint density at radius 2 is 1.90 bits per heavy atom. The fourth-order valence-corrected chi connectivity index (χ4v) is 5.52. The molecule has 3 aromatic heterocycles. The number of H-pyrrole nitrogens is 1. The monoisotopic (exact) mass is 562 g/mol. The molecule has 0 saturated heterocycles. The van der Waals surface area contributed by atoms with Gasteiger partial charge in [-0.05, 0) is 84.3 Å². The number of benzene rings is 1. The van der Waals surface area contributed by atoms with Gasteiger partial charge in [0.1, 0.15) is 11.6 Å². The van der Waals surface area contributed by atoms with Gasteiger partial charge in [-0.2, -0.15) is 0 Å². The summed E-state index contributed by atoms with van der Waals surface area (Å²) in [6, 6.07) is 8.67. The molecule has 3 heterocycles. The van der Waals surface area contributed by atoms with Gasteiger partial charge in [-0.1, -0.05) is 37.6 Å². The number of rotatable bonds is 11. The van der Waals surface area contributed by atoms with E-state index in [1.54, 1.807) is 18.5 Å². The van der Waals surface area contributed by atoms with Crippen molar-refractivity contribution in [2.45, 2.75) is 45.6 Å². The minimum absolute atomic E-state index is 0.288. The summed E-state index contributed by atoms with van der Waals surface area (Å²) in [6.45, 7) is 8.25. The molecule has 0 amide bonds. The van der Waals surface area contributed by atoms with Crippen LogP contribution < -0.4 is 10.6 Å². The minimum atomic E-state index is -0.288. The molecule has 0 atom stereocenters. The fourth-order valence-electron chi connectivity index (χ4n) is 5.52. The van der Waals surface area contributed by atoms with Gasteiger partial charge in [0.05, 0.1) is 17.2 Å². The highest BCUT2D eigenvalue weighted by atomic mass is 19.1. The molecule has 7 heteroatoms. The predicted octanol–water partition coefficient (Wildman–Crippen LogP) is 6.99. The number of terminal acetylenes is 1. The van der Waals surface area contributed by atoms with E-state index < -0.39 is 0 Å². The first kappa shape index (κ1) is 30.4. The molecule has 3 N–H and O–H groups in total. The van der Waals surface area contributed by atoms with E-state index in [0.29, 0.717) is 6.42 Å². The summed E-state index contributed by atoms with van der Waals surface area (Å²) < 4.78 is 13.9. The molecule has 4 aromatic rings. The lowest BCUT2D eigenvalue weighted by Gasteiger charge is -2.13. The maximum absolute atomic E-state index is 13.9. The molecule has 1 aliphatic carbocycles. The molecule has 1 saturated carbocycles. The standard InChI is InChI=1S/C33H37FN6.C2H2/c1-4-30(35-3)26(12-22(2)27-13-24(18-37-19-27)17-36-16-23-8-5-6-9-23)15-32-39-31-21-38-20-29(33(31)40-32)25-10-7-11-28(34)14-25;1-2/h4,7,10-14,18-21,23,35-36H,2,5-6,8-9,15-17H2,1,3H3,(H,39,40);1-2H/b26-12-,30-4+;. The van der Waals surface area contributed by atoms with Crippen molar-refractivity contribution in [3.8, 4) is 24.0 Å². The van der Waals surface area contributed by atoms with Crippen molar-refractivity contribution in [1.82, 2.24) is 30.6 Å². The lowest BCUT2D eigenvalue weighted by Crippen LogP contribution is -2.20. The van der Waals surface area contributed by atoms with Crippen LogP contribution in [0, 0.1) is 24.6 Å². The molecule has 0 aliphatic heterocycles. The molecule has 1 aromatic carbocycles. The van der Waals surface area contributed by atoms with Crippen molar-refractivity contribution < 1.29 is 4.39 Å². The van der Waals surface area contributed by atoms with Crippen molar-refractivity contribution in [3.63, 3.8) is 0 Å². The Morgan fingerprint density at radius 1 is 1.12 bits per heavy atom. The SMILES string of the molecule is C#C.C=C(/C=C(Cc1nc2c(-c3cccc(F)c3)cncc2[nH]1)\C(=C/C)NC)c1cncc(CNCC2CCCC2)c1. The van der Waals surface area contributed by atoms with Crippen molar-refractivity contribution in [1.29, 1.82) is 0 Å². The first-order chi connectivity index (χ1) is 20.5. The summed E-state index contributed by atoms with van der Waals surface area (Å²) in [5.41, 5.74) is 8.17. The molecule has 42 heavy (non-hydrogen) atoms. The number of aromatic amines is 1. The summed E-state index contributed by atoms with van der Waals surface area (Å²) >= 11 is 0. The lowest BCUT2D eigenvalue weighted by molar-refractivity contribution is 0.489. The molecule has 0 unspecified atom stereocenters. The number of pyridine rings is 2. The van der Waals surface area contributed by atoms with Crippen LogP contribution in [0.4, 0.5) is 4.39 Å². The first-order valence-electron chi connectivity index (χ1n) is 14.3. The molecule has 5 rings (SSSR count). The molecule has 216 valence electrons. The maximum Gasteiger partial charge on any atom is 0.123 e. The largest absolute Gasteiger partial charge is 0.388 e. The fraction of sp³-hybridized carbons (Fsp3) is 0.286. The van der Waals surface area contributed by atoms with Crippen molar-refractivity contribution >= 4 is 16.6 Å². The molecule has 1 aliphatic rings. The third kappa shape index (κ3) is 7.59. The van der Waals surface area contributed by atoms with Crippen molar-refractivity contribution in [2.75, 3.05) is 13.6 Å². The van der Waals surface area contributed by atoms with Crippen LogP contribution >= 0.6 is 0 Å². The normalized spacial score (nSPS) is 14.0. The van der Waals surface area contributed by atoms with E-state index in [4.69, 9.17) is 4.98 Å². The van der Waals surface area contributed by atoms with Gasteiger partial charge in [-0.15, -0.1) is 12.8 Å². The van der Waals surface area contributed by atoms with E-state index in [1.807, 2.05) is 38.5 Å². The summed E-state index contributed by atoms with van der Waals surface area (Å²) in [5, 5.41) is 6.91. The van der Waals surface area contributed by atoms with E-state index >= 15 is 0 Å². The second kappa shape index (κ2) is 14.9. The number of hydrogen-bond acceptors (Lipinski definition) is 5. The molecular formula is C35H39FN6. The highest BCUT2D eigenvalue weighted by Crippen LogP contribution is 2.28. The third-order valence-electron chi connectivity index (χ3n) is 7.59. The number of allylic oxidation sites excluding steroid dienone is 4. The van der Waals surface area contributed by atoms with Crippen LogP contribution in [0.5, 0.6) is 0 Å². The van der Waals surface area contributed by atoms with E-state index in [1.165, 1.54) is 37.8 Å². The zero-order valence-electron chi connectivity index (χ0n) is 24.5. The molecule has 6 nitrogen and oxygen atoms in total. The number of halogens is 1. The Bertz CT molecular complexity index is 1590. The number of hydrogen-bond donors (Lipinski definition) is 3. The van der Waals surface area contributed by atoms with Gasteiger partial charge in [-0.3, -0.25) is 9.97 Å². The number of nitrogens with one attached hydrogen (secondary N) is 3.